The van der Waals surface area contributed by atoms with Gasteiger partial charge in [0.2, 0.25) is 0 Å². The first-order valence-corrected chi connectivity index (χ1v) is 6.12. The molecule has 0 radical (unpaired) electrons. The largest absolute Gasteiger partial charge is 0.493 e. The van der Waals surface area contributed by atoms with Crippen LogP contribution in [0.3, 0.4) is 0 Å². The fraction of sp³-hybridized carbons (Fsp3) is 0.333. The van der Waals surface area contributed by atoms with E-state index in [0.717, 1.165) is 24.0 Å². The normalized spacial score (nSPS) is 14.8. The maximum Gasteiger partial charge on any atom is 0.161 e. The lowest BCUT2D eigenvalue weighted by Crippen LogP contribution is -1.98. The van der Waals surface area contributed by atoms with Crippen LogP contribution in [0, 0.1) is 0 Å². The van der Waals surface area contributed by atoms with Crippen molar-refractivity contribution in [1.82, 2.24) is 0 Å². The van der Waals surface area contributed by atoms with Crippen LogP contribution in [0.2, 0.25) is 0 Å². The van der Waals surface area contributed by atoms with Crippen LogP contribution in [0.15, 0.2) is 36.2 Å². The SMILES string of the molecule is CCOc1cc(C2=C(F)C=CCC2)ccc1OC. The molecule has 0 N–H and O–H groups in total. The predicted octanol–water partition coefficient (Wildman–Crippen LogP) is 4.12. The van der Waals surface area contributed by atoms with Crippen LogP contribution in [0.5, 0.6) is 11.5 Å². The topological polar surface area (TPSA) is 18.5 Å². The van der Waals surface area contributed by atoms with Crippen LogP contribution in [-0.4, -0.2) is 13.7 Å². The van der Waals surface area contributed by atoms with Crippen molar-refractivity contribution in [3.8, 4) is 11.5 Å². The minimum atomic E-state index is -0.158. The van der Waals surface area contributed by atoms with Crippen molar-refractivity contribution in [1.29, 1.82) is 0 Å². The lowest BCUT2D eigenvalue weighted by molar-refractivity contribution is 0.311. The van der Waals surface area contributed by atoms with Gasteiger partial charge in [-0.25, -0.2) is 4.39 Å². The van der Waals surface area contributed by atoms with Crippen molar-refractivity contribution in [3.63, 3.8) is 0 Å². The molecule has 96 valence electrons. The van der Waals surface area contributed by atoms with Crippen molar-refractivity contribution < 1.29 is 13.9 Å². The molecule has 1 aliphatic rings. The Morgan fingerprint density at radius 3 is 2.78 bits per heavy atom. The Morgan fingerprint density at radius 2 is 2.11 bits per heavy atom. The van der Waals surface area contributed by atoms with Gasteiger partial charge in [0.1, 0.15) is 5.83 Å². The van der Waals surface area contributed by atoms with Crippen LogP contribution < -0.4 is 9.47 Å². The molecular weight excluding hydrogens is 231 g/mol. The molecule has 0 amide bonds. The third-order valence-corrected chi connectivity index (χ3v) is 2.93. The van der Waals surface area contributed by atoms with Crippen molar-refractivity contribution >= 4 is 5.57 Å². The first kappa shape index (κ1) is 12.7. The maximum atomic E-state index is 13.8. The number of hydrogen-bond acceptors (Lipinski definition) is 2. The molecule has 1 aliphatic carbocycles. The summed E-state index contributed by atoms with van der Waals surface area (Å²) in [7, 11) is 1.60. The molecule has 0 bridgehead atoms. The quantitative estimate of drug-likeness (QED) is 0.797. The minimum absolute atomic E-state index is 0.158. The van der Waals surface area contributed by atoms with Gasteiger partial charge in [-0.3, -0.25) is 0 Å². The summed E-state index contributed by atoms with van der Waals surface area (Å²) in [5, 5.41) is 0. The summed E-state index contributed by atoms with van der Waals surface area (Å²) in [6, 6.07) is 5.53. The fourth-order valence-corrected chi connectivity index (χ4v) is 2.05. The molecule has 18 heavy (non-hydrogen) atoms. The summed E-state index contributed by atoms with van der Waals surface area (Å²) < 4.78 is 24.5. The number of hydrogen-bond donors (Lipinski definition) is 0. The second-order valence-corrected chi connectivity index (χ2v) is 4.07. The van der Waals surface area contributed by atoms with Crippen LogP contribution in [0.4, 0.5) is 4.39 Å². The summed E-state index contributed by atoms with van der Waals surface area (Å²) in [5.74, 6) is 1.18. The van der Waals surface area contributed by atoms with Crippen molar-refractivity contribution in [3.05, 3.63) is 41.7 Å². The lowest BCUT2D eigenvalue weighted by Gasteiger charge is -2.14. The molecule has 3 heteroatoms. The van der Waals surface area contributed by atoms with Gasteiger partial charge in [-0.2, -0.15) is 0 Å². The van der Waals surface area contributed by atoms with Crippen LogP contribution >= 0.6 is 0 Å². The van der Waals surface area contributed by atoms with Crippen LogP contribution in [0.25, 0.3) is 5.57 Å². The molecule has 0 saturated heterocycles. The third kappa shape index (κ3) is 2.55. The molecule has 2 nitrogen and oxygen atoms in total. The molecule has 0 saturated carbocycles. The number of methoxy groups -OCH3 is 1. The van der Waals surface area contributed by atoms with E-state index in [9.17, 15) is 4.39 Å². The van der Waals surface area contributed by atoms with Gasteiger partial charge in [-0.15, -0.1) is 0 Å². The highest BCUT2D eigenvalue weighted by Crippen LogP contribution is 2.35. The Morgan fingerprint density at radius 1 is 1.28 bits per heavy atom. The van der Waals surface area contributed by atoms with E-state index in [2.05, 4.69) is 0 Å². The van der Waals surface area contributed by atoms with Gasteiger partial charge in [-0.05, 0) is 49.1 Å². The zero-order valence-corrected chi connectivity index (χ0v) is 10.7. The smallest absolute Gasteiger partial charge is 0.161 e. The number of benzene rings is 1. The zero-order valence-electron chi connectivity index (χ0n) is 10.7. The van der Waals surface area contributed by atoms with Gasteiger partial charge in [0.15, 0.2) is 11.5 Å². The van der Waals surface area contributed by atoms with Crippen molar-refractivity contribution in [2.24, 2.45) is 0 Å². The highest BCUT2D eigenvalue weighted by Gasteiger charge is 2.13. The summed E-state index contributed by atoms with van der Waals surface area (Å²) in [6.07, 6.45) is 4.98. The van der Waals surface area contributed by atoms with Crippen LogP contribution in [-0.2, 0) is 0 Å². The summed E-state index contributed by atoms with van der Waals surface area (Å²) in [4.78, 5) is 0. The van der Waals surface area contributed by atoms with E-state index in [0.29, 0.717) is 18.1 Å². The number of halogens is 1. The molecule has 0 unspecified atom stereocenters. The average Bonchev–Trinajstić information content (AvgIpc) is 2.40. The Balaban J connectivity index is 2.40. The third-order valence-electron chi connectivity index (χ3n) is 2.93. The fourth-order valence-electron chi connectivity index (χ4n) is 2.05. The molecule has 0 spiro atoms. The number of rotatable bonds is 4. The van der Waals surface area contributed by atoms with E-state index in [4.69, 9.17) is 9.47 Å². The van der Waals surface area contributed by atoms with E-state index in [1.165, 1.54) is 6.08 Å². The standard InChI is InChI=1S/C15H17FO2/c1-3-18-15-10-11(8-9-14(15)17-2)12-6-4-5-7-13(12)16/h5,7-10H,3-4,6H2,1-2H3. The molecule has 1 aromatic rings. The van der Waals surface area contributed by atoms with E-state index < -0.39 is 0 Å². The second-order valence-electron chi connectivity index (χ2n) is 4.07. The Kier molecular flexibility index (Phi) is 4.03. The van der Waals surface area contributed by atoms with Crippen molar-refractivity contribution in [2.75, 3.05) is 13.7 Å². The molecule has 0 atom stereocenters. The van der Waals surface area contributed by atoms with Gasteiger partial charge < -0.3 is 9.47 Å². The Bertz CT molecular complexity index is 489. The number of ether oxygens (including phenoxy) is 2. The monoisotopic (exact) mass is 248 g/mol. The highest BCUT2D eigenvalue weighted by molar-refractivity contribution is 5.72. The molecule has 0 aliphatic heterocycles. The van der Waals surface area contributed by atoms with Gasteiger partial charge in [0.25, 0.3) is 0 Å². The van der Waals surface area contributed by atoms with Gasteiger partial charge in [-0.1, -0.05) is 12.1 Å². The zero-order chi connectivity index (χ0) is 13.0. The molecule has 0 fully saturated rings. The Labute approximate surface area is 107 Å². The maximum absolute atomic E-state index is 13.8. The molecule has 0 aromatic heterocycles. The molecule has 1 aromatic carbocycles. The van der Waals surface area contributed by atoms with E-state index in [1.807, 2.05) is 31.2 Å². The number of allylic oxidation sites excluding steroid dienone is 4. The van der Waals surface area contributed by atoms with E-state index in [1.54, 1.807) is 7.11 Å². The minimum Gasteiger partial charge on any atom is -0.493 e. The van der Waals surface area contributed by atoms with Gasteiger partial charge in [0, 0.05) is 0 Å². The lowest BCUT2D eigenvalue weighted by atomic mass is 9.96. The molecule has 0 heterocycles. The summed E-state index contributed by atoms with van der Waals surface area (Å²) in [6.45, 7) is 2.47. The Hall–Kier alpha value is -1.77. The van der Waals surface area contributed by atoms with Crippen LogP contribution in [0.1, 0.15) is 25.3 Å². The van der Waals surface area contributed by atoms with E-state index in [-0.39, 0.29) is 5.83 Å². The van der Waals surface area contributed by atoms with Crippen molar-refractivity contribution in [2.45, 2.75) is 19.8 Å². The first-order chi connectivity index (χ1) is 8.76. The van der Waals surface area contributed by atoms with Gasteiger partial charge in [0.05, 0.1) is 13.7 Å². The van der Waals surface area contributed by atoms with E-state index >= 15 is 0 Å². The van der Waals surface area contributed by atoms with Gasteiger partial charge >= 0.3 is 0 Å². The molecule has 2 rings (SSSR count). The average molecular weight is 248 g/mol. The summed E-state index contributed by atoms with van der Waals surface area (Å²) in [5.41, 5.74) is 1.60. The second kappa shape index (κ2) is 5.71. The first-order valence-electron chi connectivity index (χ1n) is 6.12. The highest BCUT2D eigenvalue weighted by atomic mass is 19.1. The predicted molar refractivity (Wildman–Crippen MR) is 70.6 cm³/mol. The summed E-state index contributed by atoms with van der Waals surface area (Å²) >= 11 is 0. The molecular formula is C15H17FO2.